The monoisotopic (exact) mass is 314 g/mol. The van der Waals surface area contributed by atoms with Crippen molar-refractivity contribution in [2.75, 3.05) is 17.2 Å². The average molecular weight is 315 g/mol. The van der Waals surface area contributed by atoms with Crippen LogP contribution in [0, 0.1) is 11.2 Å². The van der Waals surface area contributed by atoms with Gasteiger partial charge in [0.1, 0.15) is 5.82 Å². The summed E-state index contributed by atoms with van der Waals surface area (Å²) in [6.45, 7) is 7.61. The maximum Gasteiger partial charge on any atom is 0.139 e. The van der Waals surface area contributed by atoms with Crippen LogP contribution in [-0.4, -0.2) is 12.6 Å². The Kier molecular flexibility index (Phi) is 3.85. The number of anilines is 2. The molecule has 0 saturated carbocycles. The summed E-state index contributed by atoms with van der Waals surface area (Å²) in [4.78, 5) is 0. The summed E-state index contributed by atoms with van der Waals surface area (Å²) in [6, 6.07) is 3.75. The Bertz CT molecular complexity index is 440. The molecular formula is C14H20BrFN2. The smallest absolute Gasteiger partial charge is 0.139 e. The Balaban J connectivity index is 2.21. The predicted molar refractivity (Wildman–Crippen MR) is 78.7 cm³/mol. The van der Waals surface area contributed by atoms with E-state index >= 15 is 0 Å². The van der Waals surface area contributed by atoms with Crippen LogP contribution in [0.15, 0.2) is 16.6 Å². The number of fused-ring (bicyclic) bond motifs is 1. The summed E-state index contributed by atoms with van der Waals surface area (Å²) in [6.07, 6.45) is 2.12. The van der Waals surface area contributed by atoms with Gasteiger partial charge in [0.05, 0.1) is 15.8 Å². The molecule has 1 aromatic carbocycles. The first kappa shape index (κ1) is 13.7. The molecule has 4 heteroatoms. The van der Waals surface area contributed by atoms with E-state index in [0.717, 1.165) is 30.8 Å². The maximum absolute atomic E-state index is 13.6. The van der Waals surface area contributed by atoms with Gasteiger partial charge >= 0.3 is 0 Å². The molecule has 2 nitrogen and oxygen atoms in total. The maximum atomic E-state index is 13.6. The lowest BCUT2D eigenvalue weighted by atomic mass is 9.87. The molecule has 1 aromatic rings. The van der Waals surface area contributed by atoms with Crippen molar-refractivity contribution in [1.29, 1.82) is 0 Å². The Morgan fingerprint density at radius 1 is 1.33 bits per heavy atom. The molecule has 2 rings (SSSR count). The third kappa shape index (κ3) is 3.37. The Morgan fingerprint density at radius 3 is 2.72 bits per heavy atom. The SMILES string of the molecule is CC(C)(C)CC1CCNc2cc(Br)c(F)cc2N1. The van der Waals surface area contributed by atoms with E-state index < -0.39 is 0 Å². The molecule has 1 heterocycles. The molecule has 2 N–H and O–H groups in total. The highest BCUT2D eigenvalue weighted by Gasteiger charge is 2.22. The van der Waals surface area contributed by atoms with Gasteiger partial charge in [0.2, 0.25) is 0 Å². The topological polar surface area (TPSA) is 24.1 Å². The van der Waals surface area contributed by atoms with Crippen molar-refractivity contribution in [3.05, 3.63) is 22.4 Å². The summed E-state index contributed by atoms with van der Waals surface area (Å²) in [5.41, 5.74) is 2.11. The molecule has 0 saturated heterocycles. The van der Waals surface area contributed by atoms with Crippen LogP contribution in [0.5, 0.6) is 0 Å². The molecular weight excluding hydrogens is 295 g/mol. The molecule has 0 radical (unpaired) electrons. The van der Waals surface area contributed by atoms with E-state index in [2.05, 4.69) is 47.3 Å². The standard InChI is InChI=1S/C14H20BrFN2/c1-14(2,3)8-9-4-5-17-12-6-10(15)11(16)7-13(12)18-9/h6-7,9,17-18H,4-5,8H2,1-3H3. The normalized spacial score (nSPS) is 19.5. The van der Waals surface area contributed by atoms with Gasteiger partial charge in [0.25, 0.3) is 0 Å². The van der Waals surface area contributed by atoms with Crippen molar-refractivity contribution in [2.45, 2.75) is 39.7 Å². The fraction of sp³-hybridized carbons (Fsp3) is 0.571. The first-order valence-corrected chi connectivity index (χ1v) is 7.14. The number of benzene rings is 1. The lowest BCUT2D eigenvalue weighted by Crippen LogP contribution is -2.26. The van der Waals surface area contributed by atoms with Crippen molar-refractivity contribution in [1.82, 2.24) is 0 Å². The molecule has 1 unspecified atom stereocenters. The van der Waals surface area contributed by atoms with Crippen LogP contribution in [-0.2, 0) is 0 Å². The highest BCUT2D eigenvalue weighted by atomic mass is 79.9. The van der Waals surface area contributed by atoms with Gasteiger partial charge in [0, 0.05) is 18.7 Å². The largest absolute Gasteiger partial charge is 0.383 e. The molecule has 0 fully saturated rings. The van der Waals surface area contributed by atoms with Gasteiger partial charge < -0.3 is 10.6 Å². The van der Waals surface area contributed by atoms with Crippen molar-refractivity contribution < 1.29 is 4.39 Å². The minimum absolute atomic E-state index is 0.223. The van der Waals surface area contributed by atoms with Crippen LogP contribution in [0.2, 0.25) is 0 Å². The Hall–Kier alpha value is -0.770. The van der Waals surface area contributed by atoms with Gasteiger partial charge in [-0.05, 0) is 40.3 Å². The van der Waals surface area contributed by atoms with Gasteiger partial charge in [-0.3, -0.25) is 0 Å². The molecule has 18 heavy (non-hydrogen) atoms. The molecule has 1 aliphatic heterocycles. The van der Waals surface area contributed by atoms with Crippen molar-refractivity contribution in [3.8, 4) is 0 Å². The zero-order valence-corrected chi connectivity index (χ0v) is 12.7. The van der Waals surface area contributed by atoms with E-state index in [4.69, 9.17) is 0 Å². The van der Waals surface area contributed by atoms with Crippen molar-refractivity contribution >= 4 is 27.3 Å². The quantitative estimate of drug-likeness (QED) is 0.790. The van der Waals surface area contributed by atoms with Gasteiger partial charge in [-0.15, -0.1) is 0 Å². The second-order valence-corrected chi connectivity index (χ2v) is 6.99. The number of hydrogen-bond donors (Lipinski definition) is 2. The Labute approximate surface area is 116 Å². The average Bonchev–Trinajstić information content (AvgIpc) is 2.38. The lowest BCUT2D eigenvalue weighted by molar-refractivity contribution is 0.345. The highest BCUT2D eigenvalue weighted by molar-refractivity contribution is 9.10. The molecule has 0 spiro atoms. The second kappa shape index (κ2) is 5.08. The second-order valence-electron chi connectivity index (χ2n) is 6.13. The minimum atomic E-state index is -0.223. The molecule has 1 aliphatic rings. The molecule has 100 valence electrons. The van der Waals surface area contributed by atoms with Gasteiger partial charge in [-0.1, -0.05) is 20.8 Å². The fourth-order valence-corrected chi connectivity index (χ4v) is 2.72. The summed E-state index contributed by atoms with van der Waals surface area (Å²) in [5, 5.41) is 6.81. The van der Waals surface area contributed by atoms with Gasteiger partial charge in [-0.2, -0.15) is 0 Å². The summed E-state index contributed by atoms with van der Waals surface area (Å²) in [5.74, 6) is -0.223. The van der Waals surface area contributed by atoms with Crippen LogP contribution in [0.1, 0.15) is 33.6 Å². The molecule has 0 aliphatic carbocycles. The van der Waals surface area contributed by atoms with E-state index in [0.29, 0.717) is 10.5 Å². The van der Waals surface area contributed by atoms with E-state index in [1.54, 1.807) is 12.1 Å². The highest BCUT2D eigenvalue weighted by Crippen LogP contribution is 2.33. The zero-order chi connectivity index (χ0) is 13.3. The predicted octanol–water partition coefficient (Wildman–Crippen LogP) is 4.62. The summed E-state index contributed by atoms with van der Waals surface area (Å²) < 4.78 is 14.1. The first-order valence-electron chi connectivity index (χ1n) is 6.34. The van der Waals surface area contributed by atoms with E-state index in [1.807, 2.05) is 0 Å². The van der Waals surface area contributed by atoms with Crippen LogP contribution >= 0.6 is 15.9 Å². The van der Waals surface area contributed by atoms with Crippen molar-refractivity contribution in [3.63, 3.8) is 0 Å². The number of halogens is 2. The van der Waals surface area contributed by atoms with Crippen molar-refractivity contribution in [2.24, 2.45) is 5.41 Å². The molecule has 0 aromatic heterocycles. The molecule has 1 atom stereocenters. The van der Waals surface area contributed by atoms with Gasteiger partial charge in [-0.25, -0.2) is 4.39 Å². The van der Waals surface area contributed by atoms with Crippen LogP contribution in [0.25, 0.3) is 0 Å². The van der Waals surface area contributed by atoms with E-state index in [9.17, 15) is 4.39 Å². The Morgan fingerprint density at radius 2 is 2.06 bits per heavy atom. The number of nitrogens with one attached hydrogen (secondary N) is 2. The van der Waals surface area contributed by atoms with E-state index in [-0.39, 0.29) is 11.2 Å². The third-order valence-corrected chi connectivity index (χ3v) is 3.69. The zero-order valence-electron chi connectivity index (χ0n) is 11.1. The van der Waals surface area contributed by atoms with E-state index in [1.165, 1.54) is 0 Å². The van der Waals surface area contributed by atoms with Gasteiger partial charge in [0.15, 0.2) is 0 Å². The van der Waals surface area contributed by atoms with Crippen LogP contribution in [0.3, 0.4) is 0 Å². The molecule has 0 amide bonds. The van der Waals surface area contributed by atoms with Crippen LogP contribution < -0.4 is 10.6 Å². The molecule has 0 bridgehead atoms. The number of rotatable bonds is 1. The number of hydrogen-bond acceptors (Lipinski definition) is 2. The third-order valence-electron chi connectivity index (χ3n) is 3.09. The summed E-state index contributed by atoms with van der Waals surface area (Å²) in [7, 11) is 0. The first-order chi connectivity index (χ1) is 8.35. The minimum Gasteiger partial charge on any atom is -0.383 e. The summed E-state index contributed by atoms with van der Waals surface area (Å²) >= 11 is 3.22. The van der Waals surface area contributed by atoms with Crippen LogP contribution in [0.4, 0.5) is 15.8 Å². The lowest BCUT2D eigenvalue weighted by Gasteiger charge is -2.26. The fourth-order valence-electron chi connectivity index (χ4n) is 2.38.